The van der Waals surface area contributed by atoms with E-state index < -0.39 is 34.4 Å². The summed E-state index contributed by atoms with van der Waals surface area (Å²) in [6, 6.07) is 19.9. The van der Waals surface area contributed by atoms with Gasteiger partial charge >= 0.3 is 5.97 Å². The van der Waals surface area contributed by atoms with E-state index >= 15 is 0 Å². The molecule has 0 radical (unpaired) electrons. The Morgan fingerprint density at radius 2 is 1.74 bits per heavy atom. The molecule has 3 aromatic rings. The third kappa shape index (κ3) is 5.97. The lowest BCUT2D eigenvalue weighted by Crippen LogP contribution is -2.45. The fraction of sp³-hybridized carbons (Fsp3) is 0.346. The lowest BCUT2D eigenvalue weighted by Gasteiger charge is -2.29. The molecule has 35 heavy (non-hydrogen) atoms. The van der Waals surface area contributed by atoms with Crippen molar-refractivity contribution in [3.05, 3.63) is 72.4 Å². The highest BCUT2D eigenvalue weighted by Crippen LogP contribution is 2.23. The van der Waals surface area contributed by atoms with Crippen LogP contribution < -0.4 is 0 Å². The van der Waals surface area contributed by atoms with Gasteiger partial charge in [-0.15, -0.1) is 0 Å². The number of aromatic nitrogens is 2. The third-order valence-corrected chi connectivity index (χ3v) is 7.60. The quantitative estimate of drug-likeness (QED) is 0.445. The molecule has 1 fully saturated rings. The van der Waals surface area contributed by atoms with Gasteiger partial charge in [0.1, 0.15) is 0 Å². The highest BCUT2D eigenvalue weighted by Gasteiger charge is 2.35. The van der Waals surface area contributed by atoms with E-state index in [9.17, 15) is 18.0 Å². The molecule has 4 rings (SSSR count). The van der Waals surface area contributed by atoms with Crippen LogP contribution in [-0.2, 0) is 19.4 Å². The first-order valence-corrected chi connectivity index (χ1v) is 13.4. The minimum Gasteiger partial charge on any atom is -0.451 e. The van der Waals surface area contributed by atoms with Crippen molar-refractivity contribution in [1.82, 2.24) is 14.7 Å². The Labute approximate surface area is 205 Å². The van der Waals surface area contributed by atoms with Crippen LogP contribution in [0.5, 0.6) is 0 Å². The molecule has 8 nitrogen and oxygen atoms in total. The van der Waals surface area contributed by atoms with E-state index in [0.717, 1.165) is 5.56 Å². The maximum Gasteiger partial charge on any atom is 0.357 e. The number of benzene rings is 2. The molecule has 184 valence electrons. The van der Waals surface area contributed by atoms with Crippen molar-refractivity contribution in [2.75, 3.05) is 24.7 Å². The Morgan fingerprint density at radius 1 is 1.09 bits per heavy atom. The Bertz CT molecular complexity index is 1290. The zero-order valence-corrected chi connectivity index (χ0v) is 20.6. The normalized spacial score (nSPS) is 16.8. The van der Waals surface area contributed by atoms with Crippen LogP contribution in [0.25, 0.3) is 16.9 Å². The van der Waals surface area contributed by atoms with Gasteiger partial charge in [0.15, 0.2) is 22.1 Å². The summed E-state index contributed by atoms with van der Waals surface area (Å²) in [6.45, 7) is 3.85. The van der Waals surface area contributed by atoms with Crippen LogP contribution >= 0.6 is 0 Å². The maximum absolute atomic E-state index is 13.1. The third-order valence-electron chi connectivity index (χ3n) is 5.85. The van der Waals surface area contributed by atoms with Gasteiger partial charge in [0.25, 0.3) is 5.91 Å². The Balaban J connectivity index is 1.55. The molecule has 0 saturated carbocycles. The summed E-state index contributed by atoms with van der Waals surface area (Å²) in [5.41, 5.74) is 2.33. The van der Waals surface area contributed by atoms with Gasteiger partial charge in [0.05, 0.1) is 22.9 Å². The fourth-order valence-electron chi connectivity index (χ4n) is 4.20. The molecule has 2 aromatic carbocycles. The Morgan fingerprint density at radius 3 is 2.34 bits per heavy atom. The van der Waals surface area contributed by atoms with Crippen LogP contribution in [0, 0.1) is 5.92 Å². The smallest absolute Gasteiger partial charge is 0.357 e. The van der Waals surface area contributed by atoms with Gasteiger partial charge in [-0.25, -0.2) is 17.9 Å². The van der Waals surface area contributed by atoms with E-state index in [2.05, 4.69) is 5.10 Å². The zero-order chi connectivity index (χ0) is 25.0. The van der Waals surface area contributed by atoms with Crippen LogP contribution in [-0.4, -0.2) is 65.7 Å². The van der Waals surface area contributed by atoms with Crippen LogP contribution in [0.15, 0.2) is 66.7 Å². The zero-order valence-electron chi connectivity index (χ0n) is 19.8. The summed E-state index contributed by atoms with van der Waals surface area (Å²) in [5.74, 6) is -0.923. The summed E-state index contributed by atoms with van der Waals surface area (Å²) >= 11 is 0. The number of esters is 1. The van der Waals surface area contributed by atoms with E-state index in [4.69, 9.17) is 4.74 Å². The molecule has 9 heteroatoms. The van der Waals surface area contributed by atoms with Crippen molar-refractivity contribution in [3.8, 4) is 16.9 Å². The standard InChI is InChI=1S/C26H29N3O5S/c1-19(2)16-28(22-13-14-35(32,33)18-22)25(30)17-34-26(31)24-15-23(20-9-5-3-6-10-20)27-29(24)21-11-7-4-8-12-21/h3-12,15,19,22H,13-14,16-18H2,1-2H3. The molecule has 0 aliphatic carbocycles. The topological polar surface area (TPSA) is 98.6 Å². The van der Waals surface area contributed by atoms with Crippen LogP contribution in [0.4, 0.5) is 0 Å². The number of ether oxygens (including phenoxy) is 1. The summed E-state index contributed by atoms with van der Waals surface area (Å²) in [7, 11) is -3.16. The highest BCUT2D eigenvalue weighted by atomic mass is 32.2. The fourth-order valence-corrected chi connectivity index (χ4v) is 5.93. The lowest BCUT2D eigenvalue weighted by atomic mass is 10.1. The number of hydrogen-bond donors (Lipinski definition) is 0. The number of sulfone groups is 1. The molecule has 0 bridgehead atoms. The predicted molar refractivity (Wildman–Crippen MR) is 133 cm³/mol. The van der Waals surface area contributed by atoms with E-state index in [1.54, 1.807) is 11.0 Å². The molecule has 1 aromatic heterocycles. The molecule has 0 N–H and O–H groups in total. The van der Waals surface area contributed by atoms with E-state index in [-0.39, 0.29) is 23.1 Å². The maximum atomic E-state index is 13.1. The largest absolute Gasteiger partial charge is 0.451 e. The van der Waals surface area contributed by atoms with E-state index in [0.29, 0.717) is 24.3 Å². The molecule has 2 heterocycles. The van der Waals surface area contributed by atoms with Crippen molar-refractivity contribution in [3.63, 3.8) is 0 Å². The van der Waals surface area contributed by atoms with Crippen molar-refractivity contribution >= 4 is 21.7 Å². The molecule has 1 amide bonds. The van der Waals surface area contributed by atoms with Gasteiger partial charge in [-0.2, -0.15) is 5.10 Å². The monoisotopic (exact) mass is 495 g/mol. The van der Waals surface area contributed by atoms with Crippen LogP contribution in [0.1, 0.15) is 30.8 Å². The van der Waals surface area contributed by atoms with Gasteiger partial charge in [0.2, 0.25) is 0 Å². The van der Waals surface area contributed by atoms with Gasteiger partial charge < -0.3 is 9.64 Å². The number of nitrogens with zero attached hydrogens (tertiary/aromatic N) is 3. The summed E-state index contributed by atoms with van der Waals surface area (Å²) in [5, 5.41) is 4.61. The first-order valence-electron chi connectivity index (χ1n) is 11.6. The number of amides is 1. The molecule has 1 atom stereocenters. The molecular formula is C26H29N3O5S. The predicted octanol–water partition coefficient (Wildman–Crippen LogP) is 3.37. The van der Waals surface area contributed by atoms with Gasteiger partial charge in [-0.3, -0.25) is 4.79 Å². The minimum absolute atomic E-state index is 0.0549. The van der Waals surface area contributed by atoms with Crippen molar-refractivity contribution in [1.29, 1.82) is 0 Å². The molecule has 1 aliphatic heterocycles. The van der Waals surface area contributed by atoms with Crippen molar-refractivity contribution in [2.24, 2.45) is 5.92 Å². The highest BCUT2D eigenvalue weighted by molar-refractivity contribution is 7.91. The minimum atomic E-state index is -3.16. The molecule has 1 unspecified atom stereocenters. The number of para-hydroxylation sites is 1. The second-order valence-corrected chi connectivity index (χ2v) is 11.3. The molecule has 1 saturated heterocycles. The van der Waals surface area contributed by atoms with E-state index in [1.807, 2.05) is 74.5 Å². The van der Waals surface area contributed by atoms with E-state index in [1.165, 1.54) is 4.68 Å². The lowest BCUT2D eigenvalue weighted by molar-refractivity contribution is -0.137. The second-order valence-electron chi connectivity index (χ2n) is 9.10. The number of carbonyl (C=O) groups is 2. The van der Waals surface area contributed by atoms with Crippen LogP contribution in [0.3, 0.4) is 0 Å². The average molecular weight is 496 g/mol. The van der Waals surface area contributed by atoms with Gasteiger partial charge in [-0.05, 0) is 30.5 Å². The number of hydrogen-bond acceptors (Lipinski definition) is 6. The van der Waals surface area contributed by atoms with Crippen LogP contribution in [0.2, 0.25) is 0 Å². The van der Waals surface area contributed by atoms with Crippen molar-refractivity contribution < 1.29 is 22.7 Å². The number of carbonyl (C=O) groups excluding carboxylic acids is 2. The van der Waals surface area contributed by atoms with Gasteiger partial charge in [0, 0.05) is 18.2 Å². The second kappa shape index (κ2) is 10.4. The SMILES string of the molecule is CC(C)CN(C(=O)COC(=O)c1cc(-c2ccccc2)nn1-c1ccccc1)C1CCS(=O)(=O)C1. The van der Waals surface area contributed by atoms with Gasteiger partial charge in [-0.1, -0.05) is 62.4 Å². The molecule has 1 aliphatic rings. The first kappa shape index (κ1) is 24.7. The summed E-state index contributed by atoms with van der Waals surface area (Å²) in [4.78, 5) is 27.7. The molecular weight excluding hydrogens is 466 g/mol. The van der Waals surface area contributed by atoms with Crippen molar-refractivity contribution in [2.45, 2.75) is 26.3 Å². The summed E-state index contributed by atoms with van der Waals surface area (Å²) < 4.78 is 30.9. The first-order chi connectivity index (χ1) is 16.7. The Hall–Kier alpha value is -3.46. The molecule has 0 spiro atoms. The summed E-state index contributed by atoms with van der Waals surface area (Å²) in [6.07, 6.45) is 0.399. The average Bonchev–Trinajstić information content (AvgIpc) is 3.45. The number of rotatable bonds is 8. The Kier molecular flexibility index (Phi) is 7.35.